The molecule has 2 N–H and O–H groups in total. The van der Waals surface area contributed by atoms with Gasteiger partial charge in [0, 0.05) is 36.4 Å². The van der Waals surface area contributed by atoms with E-state index in [-0.39, 0.29) is 6.04 Å². The van der Waals surface area contributed by atoms with Crippen LogP contribution >= 0.6 is 27.5 Å². The van der Waals surface area contributed by atoms with E-state index >= 15 is 0 Å². The topological polar surface area (TPSA) is 43.8 Å². The summed E-state index contributed by atoms with van der Waals surface area (Å²) < 4.78 is 2.89. The Labute approximate surface area is 120 Å². The molecule has 1 unspecified atom stereocenters. The van der Waals surface area contributed by atoms with Gasteiger partial charge in [0.05, 0.1) is 5.02 Å². The predicted octanol–water partition coefficient (Wildman–Crippen LogP) is 3.47. The number of imidazole rings is 1. The molecule has 0 spiro atoms. The summed E-state index contributed by atoms with van der Waals surface area (Å²) in [7, 11) is 1.99. The first-order valence-corrected chi connectivity index (χ1v) is 6.92. The summed E-state index contributed by atoms with van der Waals surface area (Å²) in [4.78, 5) is 4.29. The summed E-state index contributed by atoms with van der Waals surface area (Å²) in [5.74, 6) is 1.04. The highest BCUT2D eigenvalue weighted by atomic mass is 79.9. The van der Waals surface area contributed by atoms with Crippen molar-refractivity contribution in [2.45, 2.75) is 18.9 Å². The highest BCUT2D eigenvalue weighted by molar-refractivity contribution is 9.10. The van der Waals surface area contributed by atoms with Crippen LogP contribution in [0.2, 0.25) is 5.02 Å². The molecule has 0 saturated carbocycles. The number of hydrogen-bond acceptors (Lipinski definition) is 2. The lowest BCUT2D eigenvalue weighted by molar-refractivity contribution is 0.620. The maximum Gasteiger partial charge on any atom is 0.108 e. The lowest BCUT2D eigenvalue weighted by atomic mass is 10.0. The van der Waals surface area contributed by atoms with Crippen LogP contribution in [0.4, 0.5) is 0 Å². The van der Waals surface area contributed by atoms with Crippen LogP contribution in [0.3, 0.4) is 0 Å². The van der Waals surface area contributed by atoms with Crippen LogP contribution in [0, 0.1) is 0 Å². The summed E-state index contributed by atoms with van der Waals surface area (Å²) in [5, 5.41) is 0.699. The summed E-state index contributed by atoms with van der Waals surface area (Å²) >= 11 is 9.64. The third-order valence-electron chi connectivity index (χ3n) is 2.98. The molecule has 2 rings (SSSR count). The van der Waals surface area contributed by atoms with Crippen molar-refractivity contribution in [3.8, 4) is 0 Å². The van der Waals surface area contributed by atoms with Gasteiger partial charge < -0.3 is 10.3 Å². The molecular formula is C13H15BrClN3. The van der Waals surface area contributed by atoms with E-state index in [1.165, 1.54) is 0 Å². The van der Waals surface area contributed by atoms with Gasteiger partial charge >= 0.3 is 0 Å². The van der Waals surface area contributed by atoms with Gasteiger partial charge in [-0.3, -0.25) is 0 Å². The number of rotatable bonds is 4. The number of halogens is 2. The third-order valence-corrected chi connectivity index (χ3v) is 4.29. The van der Waals surface area contributed by atoms with E-state index in [1.807, 2.05) is 36.0 Å². The molecule has 1 aromatic carbocycles. The minimum Gasteiger partial charge on any atom is -0.338 e. The Hall–Kier alpha value is -0.840. The molecule has 0 bridgehead atoms. The summed E-state index contributed by atoms with van der Waals surface area (Å²) in [6, 6.07) is 5.76. The van der Waals surface area contributed by atoms with Gasteiger partial charge in [-0.25, -0.2) is 4.98 Å². The Morgan fingerprint density at radius 3 is 2.94 bits per heavy atom. The Morgan fingerprint density at radius 1 is 1.50 bits per heavy atom. The van der Waals surface area contributed by atoms with Gasteiger partial charge in [-0.05, 0) is 34.0 Å². The van der Waals surface area contributed by atoms with Gasteiger partial charge in [-0.1, -0.05) is 23.7 Å². The second kappa shape index (κ2) is 5.87. The van der Waals surface area contributed by atoms with Crippen molar-refractivity contribution in [1.82, 2.24) is 9.55 Å². The summed E-state index contributed by atoms with van der Waals surface area (Å²) in [6.45, 7) is 0. The number of aromatic nitrogens is 2. The molecule has 0 aliphatic heterocycles. The van der Waals surface area contributed by atoms with Crippen LogP contribution in [0.25, 0.3) is 0 Å². The molecule has 0 aliphatic carbocycles. The molecule has 0 aliphatic rings. The van der Waals surface area contributed by atoms with Crippen LogP contribution in [-0.4, -0.2) is 9.55 Å². The Kier molecular flexibility index (Phi) is 4.43. The smallest absolute Gasteiger partial charge is 0.108 e. The molecule has 2 aromatic rings. The van der Waals surface area contributed by atoms with Crippen molar-refractivity contribution in [3.63, 3.8) is 0 Å². The molecule has 1 atom stereocenters. The van der Waals surface area contributed by atoms with E-state index < -0.39 is 0 Å². The Bertz CT molecular complexity index is 539. The van der Waals surface area contributed by atoms with E-state index in [4.69, 9.17) is 17.3 Å². The summed E-state index contributed by atoms with van der Waals surface area (Å²) in [5.41, 5.74) is 7.16. The zero-order chi connectivity index (χ0) is 13.1. The number of aryl methyl sites for hydroxylation is 2. The zero-order valence-corrected chi connectivity index (χ0v) is 12.4. The zero-order valence-electron chi connectivity index (χ0n) is 10.1. The fourth-order valence-corrected chi connectivity index (χ4v) is 2.53. The average Bonchev–Trinajstić information content (AvgIpc) is 2.75. The maximum atomic E-state index is 6.23. The lowest BCUT2D eigenvalue weighted by Gasteiger charge is -2.14. The first kappa shape index (κ1) is 13.6. The van der Waals surface area contributed by atoms with Crippen LogP contribution in [0.5, 0.6) is 0 Å². The van der Waals surface area contributed by atoms with Crippen LogP contribution in [-0.2, 0) is 13.5 Å². The van der Waals surface area contributed by atoms with Gasteiger partial charge in [0.2, 0.25) is 0 Å². The minimum absolute atomic E-state index is 0.0771. The number of benzene rings is 1. The van der Waals surface area contributed by atoms with Crippen molar-refractivity contribution < 1.29 is 0 Å². The molecular weight excluding hydrogens is 314 g/mol. The van der Waals surface area contributed by atoms with Gasteiger partial charge in [-0.15, -0.1) is 0 Å². The van der Waals surface area contributed by atoms with E-state index in [0.29, 0.717) is 5.02 Å². The fraction of sp³-hybridized carbons (Fsp3) is 0.308. The SMILES string of the molecule is Cn1ccnc1CCC(N)c1cccc(Br)c1Cl. The van der Waals surface area contributed by atoms with E-state index in [2.05, 4.69) is 20.9 Å². The Balaban J connectivity index is 2.06. The molecule has 96 valence electrons. The van der Waals surface area contributed by atoms with Crippen molar-refractivity contribution in [1.29, 1.82) is 0 Å². The van der Waals surface area contributed by atoms with Gasteiger partial charge in [0.15, 0.2) is 0 Å². The molecule has 0 amide bonds. The summed E-state index contributed by atoms with van der Waals surface area (Å²) in [6.07, 6.45) is 5.40. The maximum absolute atomic E-state index is 6.23. The fourth-order valence-electron chi connectivity index (χ4n) is 1.88. The minimum atomic E-state index is -0.0771. The van der Waals surface area contributed by atoms with Crippen LogP contribution in [0.1, 0.15) is 23.9 Å². The molecule has 1 heterocycles. The van der Waals surface area contributed by atoms with Gasteiger partial charge in [-0.2, -0.15) is 0 Å². The van der Waals surface area contributed by atoms with E-state index in [9.17, 15) is 0 Å². The lowest BCUT2D eigenvalue weighted by Crippen LogP contribution is -2.13. The highest BCUT2D eigenvalue weighted by Gasteiger charge is 2.13. The number of nitrogens with two attached hydrogens (primary N) is 1. The van der Waals surface area contributed by atoms with Crippen molar-refractivity contribution in [3.05, 3.63) is 51.5 Å². The quantitative estimate of drug-likeness (QED) is 0.934. The Morgan fingerprint density at radius 2 is 2.28 bits per heavy atom. The molecule has 0 saturated heterocycles. The molecule has 18 heavy (non-hydrogen) atoms. The molecule has 3 nitrogen and oxygen atoms in total. The third kappa shape index (κ3) is 2.94. The number of hydrogen-bond donors (Lipinski definition) is 1. The molecule has 0 radical (unpaired) electrons. The monoisotopic (exact) mass is 327 g/mol. The van der Waals surface area contributed by atoms with Crippen LogP contribution < -0.4 is 5.73 Å². The first-order chi connectivity index (χ1) is 8.59. The van der Waals surface area contributed by atoms with Crippen molar-refractivity contribution >= 4 is 27.5 Å². The second-order valence-corrected chi connectivity index (χ2v) is 5.47. The standard InChI is InChI=1S/C13H15BrClN3/c1-18-8-7-17-12(18)6-5-11(16)9-3-2-4-10(14)13(9)15/h2-4,7-8,11H,5-6,16H2,1H3. The molecule has 0 fully saturated rings. The average molecular weight is 329 g/mol. The second-order valence-electron chi connectivity index (χ2n) is 4.24. The van der Waals surface area contributed by atoms with Gasteiger partial charge in [0.25, 0.3) is 0 Å². The normalized spacial score (nSPS) is 12.7. The largest absolute Gasteiger partial charge is 0.338 e. The van der Waals surface area contributed by atoms with Crippen LogP contribution in [0.15, 0.2) is 35.1 Å². The molecule has 1 aromatic heterocycles. The number of nitrogens with zero attached hydrogens (tertiary/aromatic N) is 2. The van der Waals surface area contributed by atoms with E-state index in [1.54, 1.807) is 6.20 Å². The van der Waals surface area contributed by atoms with E-state index in [0.717, 1.165) is 28.7 Å². The predicted molar refractivity (Wildman–Crippen MR) is 77.6 cm³/mol. The van der Waals surface area contributed by atoms with Gasteiger partial charge in [0.1, 0.15) is 5.82 Å². The van der Waals surface area contributed by atoms with Crippen molar-refractivity contribution in [2.24, 2.45) is 12.8 Å². The first-order valence-electron chi connectivity index (χ1n) is 5.75. The highest BCUT2D eigenvalue weighted by Crippen LogP contribution is 2.30. The molecule has 5 heteroatoms. The van der Waals surface area contributed by atoms with Crippen molar-refractivity contribution in [2.75, 3.05) is 0 Å².